The van der Waals surface area contributed by atoms with Gasteiger partial charge in [-0.3, -0.25) is 4.57 Å². The Kier molecular flexibility index (Phi) is 4.98. The number of rotatable bonds is 3. The number of hydrogen-bond acceptors (Lipinski definition) is 10. The van der Waals surface area contributed by atoms with Gasteiger partial charge in [0.05, 0.1) is 35.9 Å². The fraction of sp³-hybridized carbons (Fsp3) is 0.455. The highest BCUT2D eigenvalue weighted by Crippen LogP contribution is 2.42. The molecule has 170 valence electrons. The molecule has 0 amide bonds. The second-order valence-corrected chi connectivity index (χ2v) is 8.34. The molecule has 0 bridgehead atoms. The highest BCUT2D eigenvalue weighted by Gasteiger charge is 2.39. The molecule has 11 heteroatoms. The molecule has 0 aliphatic carbocycles. The number of aliphatic hydroxyl groups is 1. The lowest BCUT2D eigenvalue weighted by Gasteiger charge is -2.34. The van der Waals surface area contributed by atoms with Crippen molar-refractivity contribution in [3.8, 4) is 12.0 Å². The minimum Gasteiger partial charge on any atom is -0.381 e. The van der Waals surface area contributed by atoms with Gasteiger partial charge in [0.15, 0.2) is 11.6 Å². The van der Waals surface area contributed by atoms with Gasteiger partial charge in [0, 0.05) is 32.3 Å². The van der Waals surface area contributed by atoms with Crippen molar-refractivity contribution in [1.29, 1.82) is 5.26 Å². The summed E-state index contributed by atoms with van der Waals surface area (Å²) < 4.78 is 12.9. The van der Waals surface area contributed by atoms with Crippen LogP contribution in [-0.2, 0) is 9.47 Å². The molecule has 0 radical (unpaired) electrons. The third-order valence-corrected chi connectivity index (χ3v) is 6.43. The monoisotopic (exact) mass is 448 g/mol. The molecule has 1 atom stereocenters. The van der Waals surface area contributed by atoms with Crippen molar-refractivity contribution < 1.29 is 14.6 Å². The van der Waals surface area contributed by atoms with Crippen LogP contribution in [0.3, 0.4) is 0 Å². The number of aliphatic hydroxyl groups excluding tert-OH is 1. The Morgan fingerprint density at radius 3 is 2.61 bits per heavy atom. The summed E-state index contributed by atoms with van der Waals surface area (Å²) in [7, 11) is 0. The van der Waals surface area contributed by atoms with Crippen LogP contribution in [0.15, 0.2) is 24.5 Å². The van der Waals surface area contributed by atoms with Gasteiger partial charge in [-0.1, -0.05) is 0 Å². The van der Waals surface area contributed by atoms with Gasteiger partial charge in [-0.2, -0.15) is 15.2 Å². The topological polar surface area (TPSA) is 125 Å². The van der Waals surface area contributed by atoms with Gasteiger partial charge in [0.2, 0.25) is 12.3 Å². The van der Waals surface area contributed by atoms with Crippen LogP contribution in [0.25, 0.3) is 17.0 Å². The molecule has 2 fully saturated rings. The number of benzene rings is 1. The average molecular weight is 448 g/mol. The molecule has 2 saturated heterocycles. The quantitative estimate of drug-likeness (QED) is 0.604. The molecule has 3 aliphatic rings. The van der Waals surface area contributed by atoms with E-state index in [0.29, 0.717) is 56.8 Å². The van der Waals surface area contributed by atoms with Gasteiger partial charge < -0.3 is 29.7 Å². The number of imidazole rings is 1. The molecule has 11 nitrogen and oxygen atoms in total. The standard InChI is InChI=1S/C22H24N8O3/c23-12-14-1-2-16-17(11-14)29(13-24-16)21-26-19(28-5-9-33-10-6-28)18-20(27-21)30(22(31)25-18)15-3-7-32-8-4-15/h1-2,11,13,15,22,25,31H,3-10H2. The number of nitriles is 1. The smallest absolute Gasteiger partial charge is 0.239 e. The van der Waals surface area contributed by atoms with Crippen molar-refractivity contribution in [3.63, 3.8) is 0 Å². The third kappa shape index (κ3) is 3.43. The van der Waals surface area contributed by atoms with Gasteiger partial charge in [0.1, 0.15) is 12.0 Å². The summed E-state index contributed by atoms with van der Waals surface area (Å²) >= 11 is 0. The van der Waals surface area contributed by atoms with E-state index in [1.807, 2.05) is 11.0 Å². The highest BCUT2D eigenvalue weighted by molar-refractivity contribution is 5.84. The van der Waals surface area contributed by atoms with E-state index in [1.54, 1.807) is 23.0 Å². The van der Waals surface area contributed by atoms with Gasteiger partial charge in [-0.15, -0.1) is 0 Å². The van der Waals surface area contributed by atoms with E-state index in [4.69, 9.17) is 19.4 Å². The van der Waals surface area contributed by atoms with Crippen LogP contribution in [0.5, 0.6) is 0 Å². The molecule has 2 N–H and O–H groups in total. The van der Waals surface area contributed by atoms with Crippen LogP contribution in [-0.4, -0.2) is 76.5 Å². The maximum Gasteiger partial charge on any atom is 0.239 e. The Labute approximate surface area is 190 Å². The third-order valence-electron chi connectivity index (χ3n) is 6.43. The lowest BCUT2D eigenvalue weighted by molar-refractivity contribution is 0.0732. The molecule has 1 aromatic carbocycles. The fourth-order valence-electron chi connectivity index (χ4n) is 4.74. The molecule has 1 unspecified atom stereocenters. The van der Waals surface area contributed by atoms with Crippen LogP contribution in [0, 0.1) is 11.3 Å². The number of aromatic nitrogens is 4. The van der Waals surface area contributed by atoms with Crippen molar-refractivity contribution in [3.05, 3.63) is 30.1 Å². The van der Waals surface area contributed by atoms with Gasteiger partial charge >= 0.3 is 0 Å². The molecule has 3 aliphatic heterocycles. The van der Waals surface area contributed by atoms with Crippen LogP contribution in [0.1, 0.15) is 18.4 Å². The van der Waals surface area contributed by atoms with E-state index in [2.05, 4.69) is 21.3 Å². The Balaban J connectivity index is 1.51. The van der Waals surface area contributed by atoms with Crippen molar-refractivity contribution in [2.75, 3.05) is 54.6 Å². The Morgan fingerprint density at radius 2 is 1.82 bits per heavy atom. The molecular weight excluding hydrogens is 424 g/mol. The van der Waals surface area contributed by atoms with Crippen LogP contribution in [0.2, 0.25) is 0 Å². The minimum atomic E-state index is -0.892. The van der Waals surface area contributed by atoms with Crippen molar-refractivity contribution in [2.24, 2.45) is 0 Å². The molecule has 2 aromatic heterocycles. The zero-order chi connectivity index (χ0) is 22.4. The highest BCUT2D eigenvalue weighted by atomic mass is 16.5. The van der Waals surface area contributed by atoms with E-state index in [9.17, 15) is 10.4 Å². The number of fused-ring (bicyclic) bond motifs is 2. The predicted octanol–water partition coefficient (Wildman–Crippen LogP) is 1.21. The normalized spacial score (nSPS) is 21.2. The largest absolute Gasteiger partial charge is 0.381 e. The molecule has 3 aromatic rings. The summed E-state index contributed by atoms with van der Waals surface area (Å²) in [6, 6.07) is 7.64. The first-order valence-corrected chi connectivity index (χ1v) is 11.2. The maximum atomic E-state index is 11.0. The first kappa shape index (κ1) is 20.2. The first-order valence-electron chi connectivity index (χ1n) is 11.2. The SMILES string of the molecule is N#Cc1ccc2ncn(-c3nc(N4CCOCC4)c4c(n3)N(C3CCOCC3)C(O)N4)c2c1. The van der Waals surface area contributed by atoms with Crippen LogP contribution < -0.4 is 15.1 Å². The summed E-state index contributed by atoms with van der Waals surface area (Å²) in [5, 5.41) is 23.5. The number of nitrogens with one attached hydrogen (secondary N) is 1. The fourth-order valence-corrected chi connectivity index (χ4v) is 4.74. The zero-order valence-electron chi connectivity index (χ0n) is 18.0. The summed E-state index contributed by atoms with van der Waals surface area (Å²) in [5.41, 5.74) is 2.78. The Bertz CT molecular complexity index is 1230. The van der Waals surface area contributed by atoms with Gasteiger partial charge in [0.25, 0.3) is 0 Å². The summed E-state index contributed by atoms with van der Waals surface area (Å²) in [4.78, 5) is 18.4. The summed E-state index contributed by atoms with van der Waals surface area (Å²) in [6.07, 6.45) is 2.40. The number of hydrogen-bond donors (Lipinski definition) is 2. The van der Waals surface area contributed by atoms with Crippen molar-refractivity contribution in [2.45, 2.75) is 25.2 Å². The van der Waals surface area contributed by atoms with Gasteiger partial charge in [-0.25, -0.2) is 4.98 Å². The molecule has 6 rings (SSSR count). The number of nitrogens with zero attached hydrogens (tertiary/aromatic N) is 7. The molecule has 5 heterocycles. The zero-order valence-corrected chi connectivity index (χ0v) is 18.0. The van der Waals surface area contributed by atoms with Crippen LogP contribution >= 0.6 is 0 Å². The second-order valence-electron chi connectivity index (χ2n) is 8.34. The summed E-state index contributed by atoms with van der Waals surface area (Å²) in [5.74, 6) is 1.84. The first-order chi connectivity index (χ1) is 16.2. The molecule has 0 spiro atoms. The van der Waals surface area contributed by atoms with E-state index in [1.165, 1.54) is 0 Å². The lowest BCUT2D eigenvalue weighted by Crippen LogP contribution is -2.46. The molecule has 33 heavy (non-hydrogen) atoms. The van der Waals surface area contributed by atoms with E-state index in [0.717, 1.165) is 35.4 Å². The number of anilines is 3. The predicted molar refractivity (Wildman–Crippen MR) is 120 cm³/mol. The van der Waals surface area contributed by atoms with Crippen molar-refractivity contribution in [1.82, 2.24) is 19.5 Å². The van der Waals surface area contributed by atoms with E-state index >= 15 is 0 Å². The number of ether oxygens (including phenoxy) is 2. The lowest BCUT2D eigenvalue weighted by atomic mass is 10.1. The summed E-state index contributed by atoms with van der Waals surface area (Å²) in [6.45, 7) is 3.92. The average Bonchev–Trinajstić information content (AvgIpc) is 3.44. The molecule has 0 saturated carbocycles. The number of morpholine rings is 1. The molecular formula is C22H24N8O3. The van der Waals surface area contributed by atoms with E-state index in [-0.39, 0.29) is 6.04 Å². The van der Waals surface area contributed by atoms with Crippen LogP contribution in [0.4, 0.5) is 17.3 Å². The van der Waals surface area contributed by atoms with Gasteiger partial charge in [-0.05, 0) is 31.0 Å². The minimum absolute atomic E-state index is 0.104. The van der Waals surface area contributed by atoms with E-state index < -0.39 is 6.35 Å². The van der Waals surface area contributed by atoms with Crippen molar-refractivity contribution >= 4 is 28.4 Å². The second kappa shape index (κ2) is 8.15. The Morgan fingerprint density at radius 1 is 1.06 bits per heavy atom. The Hall–Kier alpha value is -3.46. The maximum absolute atomic E-state index is 11.0.